The van der Waals surface area contributed by atoms with Gasteiger partial charge in [-0.25, -0.2) is 0 Å². The first-order chi connectivity index (χ1) is 14.0. The van der Waals surface area contributed by atoms with Crippen LogP contribution in [0.3, 0.4) is 0 Å². The molecule has 0 bridgehead atoms. The molecule has 0 aromatic heterocycles. The number of benzene rings is 2. The molecule has 2 amide bonds. The Bertz CT molecular complexity index is 833. The minimum absolute atomic E-state index is 0.0808. The van der Waals surface area contributed by atoms with Gasteiger partial charge in [0.2, 0.25) is 11.8 Å². The topological polar surface area (TPSA) is 61.9 Å². The van der Waals surface area contributed by atoms with Crippen LogP contribution in [0.4, 0.5) is 5.69 Å². The van der Waals surface area contributed by atoms with Gasteiger partial charge in [-0.05, 0) is 31.2 Å². The first kappa shape index (κ1) is 21.1. The van der Waals surface area contributed by atoms with Crippen LogP contribution in [0, 0.1) is 6.92 Å². The second kappa shape index (κ2) is 10.3. The minimum atomic E-state index is -0.107. The predicted octanol–water partition coefficient (Wildman–Crippen LogP) is 3.20. The number of carbonyl (C=O) groups excluding carboxylic acids is 2. The van der Waals surface area contributed by atoms with Gasteiger partial charge in [-0.15, -0.1) is 0 Å². The number of hydrogen-bond acceptors (Lipinski definition) is 4. The van der Waals surface area contributed by atoms with Crippen LogP contribution >= 0.6 is 11.6 Å². The van der Waals surface area contributed by atoms with Crippen molar-refractivity contribution in [2.45, 2.75) is 13.3 Å². The van der Waals surface area contributed by atoms with Crippen molar-refractivity contribution in [2.24, 2.45) is 0 Å². The summed E-state index contributed by atoms with van der Waals surface area (Å²) in [6, 6.07) is 14.9. The summed E-state index contributed by atoms with van der Waals surface area (Å²) in [6.07, 6.45) is 0.348. The van der Waals surface area contributed by atoms with E-state index in [1.807, 2.05) is 53.1 Å². The monoisotopic (exact) mass is 415 g/mol. The third-order valence-electron chi connectivity index (χ3n) is 4.85. The normalized spacial score (nSPS) is 14.5. The number of anilines is 1. The highest BCUT2D eigenvalue weighted by Gasteiger charge is 2.22. The van der Waals surface area contributed by atoms with Gasteiger partial charge in [-0.1, -0.05) is 41.4 Å². The van der Waals surface area contributed by atoms with Gasteiger partial charge in [0.15, 0.2) is 0 Å². The number of carbonyl (C=O) groups is 2. The van der Waals surface area contributed by atoms with E-state index in [0.29, 0.717) is 49.9 Å². The molecular weight excluding hydrogens is 390 g/mol. The van der Waals surface area contributed by atoms with E-state index in [1.54, 1.807) is 12.1 Å². The largest absolute Gasteiger partial charge is 0.493 e. The summed E-state index contributed by atoms with van der Waals surface area (Å²) in [5.41, 5.74) is 1.79. The Morgan fingerprint density at radius 3 is 2.41 bits per heavy atom. The lowest BCUT2D eigenvalue weighted by molar-refractivity contribution is -0.133. The SMILES string of the molecule is Cc1ccc(OCCC(=O)N2CCN(CC(=O)Nc3ccccc3Cl)CC2)cc1. The van der Waals surface area contributed by atoms with Gasteiger partial charge in [0.25, 0.3) is 0 Å². The summed E-state index contributed by atoms with van der Waals surface area (Å²) in [7, 11) is 0. The number of piperazine rings is 1. The summed E-state index contributed by atoms with van der Waals surface area (Å²) in [6.45, 7) is 5.23. The Morgan fingerprint density at radius 2 is 1.72 bits per heavy atom. The number of aryl methyl sites for hydroxylation is 1. The molecule has 0 spiro atoms. The molecule has 2 aromatic carbocycles. The van der Waals surface area contributed by atoms with Crippen LogP contribution in [0.2, 0.25) is 5.02 Å². The van der Waals surface area contributed by atoms with Gasteiger partial charge < -0.3 is 15.0 Å². The maximum Gasteiger partial charge on any atom is 0.238 e. The number of para-hydroxylation sites is 1. The number of nitrogens with zero attached hydrogens (tertiary/aromatic N) is 2. The number of amides is 2. The van der Waals surface area contributed by atoms with Gasteiger partial charge >= 0.3 is 0 Å². The standard InChI is InChI=1S/C22H26ClN3O3/c1-17-6-8-18(9-7-17)29-15-10-22(28)26-13-11-25(12-14-26)16-21(27)24-20-5-3-2-4-19(20)23/h2-9H,10-16H2,1H3,(H,24,27). The first-order valence-corrected chi connectivity index (χ1v) is 10.1. The van der Waals surface area contributed by atoms with E-state index in [0.717, 1.165) is 5.75 Å². The molecular formula is C22H26ClN3O3. The van der Waals surface area contributed by atoms with Gasteiger partial charge in [0.1, 0.15) is 5.75 Å². The molecule has 7 heteroatoms. The van der Waals surface area contributed by atoms with Crippen molar-refractivity contribution < 1.29 is 14.3 Å². The second-order valence-electron chi connectivity index (χ2n) is 7.10. The third kappa shape index (κ3) is 6.48. The number of hydrogen-bond donors (Lipinski definition) is 1. The molecule has 2 aromatic rings. The second-order valence-corrected chi connectivity index (χ2v) is 7.50. The summed E-state index contributed by atoms with van der Waals surface area (Å²) < 4.78 is 5.64. The molecule has 0 atom stereocenters. The van der Waals surface area contributed by atoms with Crippen molar-refractivity contribution >= 4 is 29.1 Å². The molecule has 1 heterocycles. The molecule has 6 nitrogen and oxygen atoms in total. The van der Waals surface area contributed by atoms with Crippen molar-refractivity contribution in [3.8, 4) is 5.75 Å². The van der Waals surface area contributed by atoms with E-state index >= 15 is 0 Å². The van der Waals surface area contributed by atoms with E-state index in [9.17, 15) is 9.59 Å². The molecule has 1 aliphatic rings. The van der Waals surface area contributed by atoms with Crippen molar-refractivity contribution in [2.75, 3.05) is 44.6 Å². The van der Waals surface area contributed by atoms with Crippen molar-refractivity contribution in [3.63, 3.8) is 0 Å². The van der Waals surface area contributed by atoms with Crippen LogP contribution in [0.25, 0.3) is 0 Å². The fourth-order valence-electron chi connectivity index (χ4n) is 3.16. The number of halogens is 1. The molecule has 0 saturated carbocycles. The zero-order valence-electron chi connectivity index (χ0n) is 16.6. The summed E-state index contributed by atoms with van der Waals surface area (Å²) in [5.74, 6) is 0.749. The van der Waals surface area contributed by atoms with Crippen LogP contribution in [0.1, 0.15) is 12.0 Å². The average Bonchev–Trinajstić information content (AvgIpc) is 2.71. The molecule has 1 aliphatic heterocycles. The Kier molecular flexibility index (Phi) is 7.49. The van der Waals surface area contributed by atoms with Crippen molar-refractivity contribution in [1.82, 2.24) is 9.80 Å². The highest BCUT2D eigenvalue weighted by Crippen LogP contribution is 2.20. The van der Waals surface area contributed by atoms with Crippen LogP contribution in [-0.2, 0) is 9.59 Å². The minimum Gasteiger partial charge on any atom is -0.493 e. The molecule has 1 N–H and O–H groups in total. The summed E-state index contributed by atoms with van der Waals surface area (Å²) >= 11 is 6.07. The molecule has 0 aliphatic carbocycles. The first-order valence-electron chi connectivity index (χ1n) is 9.75. The zero-order valence-corrected chi connectivity index (χ0v) is 17.3. The maximum absolute atomic E-state index is 12.4. The van der Waals surface area contributed by atoms with Crippen LogP contribution in [0.5, 0.6) is 5.75 Å². The Labute approximate surface area is 176 Å². The number of rotatable bonds is 7. The molecule has 1 fully saturated rings. The van der Waals surface area contributed by atoms with E-state index in [1.165, 1.54) is 5.56 Å². The van der Waals surface area contributed by atoms with Crippen LogP contribution in [-0.4, -0.2) is 60.9 Å². The molecule has 3 rings (SSSR count). The fraction of sp³-hybridized carbons (Fsp3) is 0.364. The van der Waals surface area contributed by atoms with E-state index in [-0.39, 0.29) is 18.4 Å². The summed E-state index contributed by atoms with van der Waals surface area (Å²) in [4.78, 5) is 28.5. The quantitative estimate of drug-likeness (QED) is 0.754. The zero-order chi connectivity index (χ0) is 20.6. The lowest BCUT2D eigenvalue weighted by Gasteiger charge is -2.34. The predicted molar refractivity (Wildman–Crippen MR) is 114 cm³/mol. The van der Waals surface area contributed by atoms with E-state index < -0.39 is 0 Å². The van der Waals surface area contributed by atoms with Crippen molar-refractivity contribution in [1.29, 1.82) is 0 Å². The van der Waals surface area contributed by atoms with Crippen LogP contribution in [0.15, 0.2) is 48.5 Å². The van der Waals surface area contributed by atoms with Crippen LogP contribution < -0.4 is 10.1 Å². The van der Waals surface area contributed by atoms with Gasteiger partial charge in [-0.3, -0.25) is 14.5 Å². The lowest BCUT2D eigenvalue weighted by Crippen LogP contribution is -2.50. The highest BCUT2D eigenvalue weighted by atomic mass is 35.5. The average molecular weight is 416 g/mol. The Balaban J connectivity index is 1.36. The molecule has 29 heavy (non-hydrogen) atoms. The third-order valence-corrected chi connectivity index (χ3v) is 5.18. The molecule has 0 radical (unpaired) electrons. The smallest absolute Gasteiger partial charge is 0.238 e. The lowest BCUT2D eigenvalue weighted by atomic mass is 10.2. The van der Waals surface area contributed by atoms with E-state index in [2.05, 4.69) is 5.32 Å². The number of nitrogens with one attached hydrogen (secondary N) is 1. The Hall–Kier alpha value is -2.57. The molecule has 1 saturated heterocycles. The van der Waals surface area contributed by atoms with Gasteiger partial charge in [0, 0.05) is 26.2 Å². The van der Waals surface area contributed by atoms with Gasteiger partial charge in [-0.2, -0.15) is 0 Å². The van der Waals surface area contributed by atoms with E-state index in [4.69, 9.17) is 16.3 Å². The fourth-order valence-corrected chi connectivity index (χ4v) is 3.34. The highest BCUT2D eigenvalue weighted by molar-refractivity contribution is 6.33. The van der Waals surface area contributed by atoms with Gasteiger partial charge in [0.05, 0.1) is 30.3 Å². The molecule has 0 unspecified atom stereocenters. The summed E-state index contributed by atoms with van der Waals surface area (Å²) in [5, 5.41) is 3.35. The molecule has 154 valence electrons. The number of ether oxygens (including phenoxy) is 1. The maximum atomic E-state index is 12.4. The van der Waals surface area contributed by atoms with Crippen molar-refractivity contribution in [3.05, 3.63) is 59.1 Å². The Morgan fingerprint density at radius 1 is 1.03 bits per heavy atom.